The highest BCUT2D eigenvalue weighted by atomic mass is 35.5. The van der Waals surface area contributed by atoms with Crippen LogP contribution in [0.4, 0.5) is 13.2 Å². The summed E-state index contributed by atoms with van der Waals surface area (Å²) in [4.78, 5) is 13.8. The molecule has 0 atom stereocenters. The van der Waals surface area contributed by atoms with E-state index >= 15 is 0 Å². The summed E-state index contributed by atoms with van der Waals surface area (Å²) < 4.78 is 36.9. The number of nitrogens with one attached hydrogen (secondary N) is 1. The molecule has 2 nitrogen and oxygen atoms in total. The number of hydrogen-bond acceptors (Lipinski definition) is 1. The fraction of sp³-hybridized carbons (Fsp3) is 0.182. The number of ketones is 1. The van der Waals surface area contributed by atoms with Crippen LogP contribution in [-0.4, -0.2) is 16.9 Å². The van der Waals surface area contributed by atoms with Crippen molar-refractivity contribution < 1.29 is 18.0 Å². The Balaban J connectivity index is 2.54. The van der Waals surface area contributed by atoms with Crippen LogP contribution in [0, 0.1) is 0 Å². The summed E-state index contributed by atoms with van der Waals surface area (Å²) in [7, 11) is 0. The highest BCUT2D eigenvalue weighted by molar-refractivity contribution is 6.17. The third-order valence-electron chi connectivity index (χ3n) is 2.40. The number of aromatic nitrogens is 1. The van der Waals surface area contributed by atoms with Gasteiger partial charge < -0.3 is 4.98 Å². The van der Waals surface area contributed by atoms with Crippen LogP contribution in [0.1, 0.15) is 15.9 Å². The second kappa shape index (κ2) is 4.07. The van der Waals surface area contributed by atoms with Crippen molar-refractivity contribution in [2.75, 3.05) is 0 Å². The van der Waals surface area contributed by atoms with E-state index in [-0.39, 0.29) is 16.8 Å². The number of halogens is 4. The molecule has 0 radical (unpaired) electrons. The number of hydrogen-bond donors (Lipinski definition) is 1. The summed E-state index contributed by atoms with van der Waals surface area (Å²) in [5.74, 6) is -1.58. The summed E-state index contributed by atoms with van der Waals surface area (Å²) in [6.07, 6.45) is -3.79. The number of benzene rings is 1. The monoisotopic (exact) mass is 261 g/mol. The van der Waals surface area contributed by atoms with Gasteiger partial charge in [-0.25, -0.2) is 0 Å². The molecule has 1 heterocycles. The number of Topliss-reactive ketones (excluding diaryl/α,β-unsaturated/α-hetero) is 1. The summed E-state index contributed by atoms with van der Waals surface area (Å²) in [6.45, 7) is 0. The van der Waals surface area contributed by atoms with Gasteiger partial charge >= 0.3 is 6.18 Å². The molecule has 0 aliphatic heterocycles. The average molecular weight is 262 g/mol. The van der Waals surface area contributed by atoms with Crippen LogP contribution < -0.4 is 0 Å². The molecule has 0 saturated heterocycles. The van der Waals surface area contributed by atoms with Gasteiger partial charge in [-0.2, -0.15) is 13.2 Å². The quantitative estimate of drug-likeness (QED) is 0.650. The first-order chi connectivity index (χ1) is 7.93. The van der Waals surface area contributed by atoms with Crippen molar-refractivity contribution in [3.8, 4) is 0 Å². The van der Waals surface area contributed by atoms with Crippen LogP contribution in [0.25, 0.3) is 10.9 Å². The van der Waals surface area contributed by atoms with Gasteiger partial charge in [0.2, 0.25) is 0 Å². The van der Waals surface area contributed by atoms with E-state index in [2.05, 4.69) is 4.98 Å². The van der Waals surface area contributed by atoms with Crippen LogP contribution >= 0.6 is 11.6 Å². The van der Waals surface area contributed by atoms with Gasteiger partial charge in [-0.3, -0.25) is 4.79 Å². The zero-order chi connectivity index (χ0) is 12.6. The Morgan fingerprint density at radius 2 is 2.06 bits per heavy atom. The smallest absolute Gasteiger partial charge is 0.360 e. The minimum atomic E-state index is -4.86. The molecule has 0 unspecified atom stereocenters. The Labute approximate surface area is 99.4 Å². The number of fused-ring (bicyclic) bond motifs is 1. The summed E-state index contributed by atoms with van der Waals surface area (Å²) in [5, 5.41) is 0.251. The standard InChI is InChI=1S/C11H7ClF3NO/c12-4-6-1-2-7-8(5-16-9(7)3-6)10(17)11(13,14)15/h1-3,5,16H,4H2. The van der Waals surface area contributed by atoms with Gasteiger partial charge in [0.1, 0.15) is 0 Å². The molecule has 1 aromatic carbocycles. The Hall–Kier alpha value is -1.49. The predicted octanol–water partition coefficient (Wildman–Crippen LogP) is 3.65. The maximum absolute atomic E-state index is 12.3. The lowest BCUT2D eigenvalue weighted by Gasteiger charge is -2.03. The van der Waals surface area contributed by atoms with Gasteiger partial charge in [-0.1, -0.05) is 12.1 Å². The number of carbonyl (C=O) groups excluding carboxylic acids is 1. The van der Waals surface area contributed by atoms with Crippen molar-refractivity contribution >= 4 is 28.3 Å². The van der Waals surface area contributed by atoms with Crippen LogP contribution in [-0.2, 0) is 5.88 Å². The Kier molecular flexibility index (Phi) is 2.87. The molecular weight excluding hydrogens is 255 g/mol. The number of carbonyl (C=O) groups is 1. The maximum Gasteiger partial charge on any atom is 0.454 e. The van der Waals surface area contributed by atoms with Gasteiger partial charge in [0.15, 0.2) is 0 Å². The molecule has 0 saturated carbocycles. The highest BCUT2D eigenvalue weighted by Crippen LogP contribution is 2.27. The molecule has 0 amide bonds. The second-order valence-corrected chi connectivity index (χ2v) is 3.81. The minimum Gasteiger partial charge on any atom is -0.360 e. The van der Waals surface area contributed by atoms with E-state index in [1.165, 1.54) is 6.07 Å². The molecule has 0 aliphatic carbocycles. The zero-order valence-electron chi connectivity index (χ0n) is 8.44. The van der Waals surface area contributed by atoms with E-state index in [0.717, 1.165) is 11.8 Å². The summed E-state index contributed by atoms with van der Waals surface area (Å²) >= 11 is 5.61. The van der Waals surface area contributed by atoms with Crippen LogP contribution in [0.15, 0.2) is 24.4 Å². The van der Waals surface area contributed by atoms with Crippen LogP contribution in [0.5, 0.6) is 0 Å². The van der Waals surface area contributed by atoms with E-state index in [1.807, 2.05) is 0 Å². The summed E-state index contributed by atoms with van der Waals surface area (Å²) in [6, 6.07) is 4.67. The summed E-state index contributed by atoms with van der Waals surface area (Å²) in [5.41, 5.74) is 0.872. The Morgan fingerprint density at radius 1 is 1.35 bits per heavy atom. The first-order valence-corrected chi connectivity index (χ1v) is 5.24. The van der Waals surface area contributed by atoms with Crippen LogP contribution in [0.2, 0.25) is 0 Å². The van der Waals surface area contributed by atoms with Gasteiger partial charge in [0, 0.05) is 23.0 Å². The van der Waals surface area contributed by atoms with E-state index in [0.29, 0.717) is 5.52 Å². The predicted molar refractivity (Wildman–Crippen MR) is 58.2 cm³/mol. The fourth-order valence-electron chi connectivity index (χ4n) is 1.60. The fourth-order valence-corrected chi connectivity index (χ4v) is 1.76. The largest absolute Gasteiger partial charge is 0.454 e. The number of alkyl halides is 4. The number of aromatic amines is 1. The molecule has 0 fully saturated rings. The van der Waals surface area contributed by atoms with Crippen molar-refractivity contribution in [1.29, 1.82) is 0 Å². The third kappa shape index (κ3) is 2.15. The lowest BCUT2D eigenvalue weighted by atomic mass is 10.1. The lowest BCUT2D eigenvalue weighted by Crippen LogP contribution is -2.22. The third-order valence-corrected chi connectivity index (χ3v) is 2.71. The highest BCUT2D eigenvalue weighted by Gasteiger charge is 2.40. The molecule has 1 N–H and O–H groups in total. The molecule has 0 spiro atoms. The van der Waals surface area contributed by atoms with Gasteiger partial charge in [-0.15, -0.1) is 11.6 Å². The molecule has 2 aromatic rings. The Morgan fingerprint density at radius 3 is 2.65 bits per heavy atom. The van der Waals surface area contributed by atoms with Crippen molar-refractivity contribution in [2.24, 2.45) is 0 Å². The van der Waals surface area contributed by atoms with E-state index in [1.54, 1.807) is 12.1 Å². The minimum absolute atomic E-state index is 0.251. The second-order valence-electron chi connectivity index (χ2n) is 3.54. The zero-order valence-corrected chi connectivity index (χ0v) is 9.19. The first-order valence-electron chi connectivity index (χ1n) is 4.71. The average Bonchev–Trinajstić information content (AvgIpc) is 2.69. The van der Waals surface area contributed by atoms with Gasteiger partial charge in [0.05, 0.1) is 5.56 Å². The van der Waals surface area contributed by atoms with E-state index in [4.69, 9.17) is 11.6 Å². The molecular formula is C11H7ClF3NO. The van der Waals surface area contributed by atoms with Gasteiger partial charge in [0.25, 0.3) is 5.78 Å². The molecule has 1 aromatic heterocycles. The molecule has 6 heteroatoms. The normalized spacial score (nSPS) is 12.0. The lowest BCUT2D eigenvalue weighted by molar-refractivity contribution is -0.0884. The molecule has 0 bridgehead atoms. The van der Waals surface area contributed by atoms with Crippen molar-refractivity contribution in [3.63, 3.8) is 0 Å². The van der Waals surface area contributed by atoms with E-state index < -0.39 is 12.0 Å². The first kappa shape index (κ1) is 12.0. The van der Waals surface area contributed by atoms with Crippen molar-refractivity contribution in [2.45, 2.75) is 12.1 Å². The number of H-pyrrole nitrogens is 1. The Bertz CT molecular complexity index is 574. The van der Waals surface area contributed by atoms with E-state index in [9.17, 15) is 18.0 Å². The molecule has 17 heavy (non-hydrogen) atoms. The SMILES string of the molecule is O=C(c1c[nH]c2cc(CCl)ccc12)C(F)(F)F. The van der Waals surface area contributed by atoms with Crippen molar-refractivity contribution in [3.05, 3.63) is 35.5 Å². The maximum atomic E-state index is 12.3. The molecule has 0 aliphatic rings. The molecule has 2 rings (SSSR count). The van der Waals surface area contributed by atoms with Crippen LogP contribution in [0.3, 0.4) is 0 Å². The van der Waals surface area contributed by atoms with Gasteiger partial charge in [-0.05, 0) is 11.6 Å². The molecule has 90 valence electrons. The van der Waals surface area contributed by atoms with Crippen molar-refractivity contribution in [1.82, 2.24) is 4.98 Å². The topological polar surface area (TPSA) is 32.9 Å². The number of rotatable bonds is 2.